The molecule has 25 rings (SSSR count). The molecular weight excluding hydrogens is 1410 g/mol. The molecule has 12 aromatic rings. The maximum Gasteiger partial charge on any atom is 0.338 e. The standard InChI is InChI=1S/C104H86N2O8/c1-75(85-23-13-11-14-24-85)106(76(2)86-25-15-12-16-26-86)101(105)99-95-27-21-28-96(99)88-57-41-80(42-58-88)36-38-84-53-69-94(70-54-84)112-72-18-8-4-6-10-20-74-114-104(110)92-65-49-82(50-66-92)34-32-78-45-61-90(62-46-78)98-30-22-29-97(100(98)102(107)108)89-59-43-77(44-60-89)31-33-81-47-63-91(64-48-81)103(109)113-73-19-9-5-3-7-17-71-111-93-67-51-83(52-68-93)37-35-79-39-55-87(95)56-40-79/h3-6,11-16,21-30,39-70,75-76,105H,7-10,17-20,71-74H2,1-2H3,(H,107,108)/t75-,76?/m1/s1. The highest BCUT2D eigenvalue weighted by molar-refractivity contribution is 6.09. The zero-order valence-corrected chi connectivity index (χ0v) is 63.9. The number of carbonyl (C=O) groups excluding carboxylic acids is 2. The summed E-state index contributed by atoms with van der Waals surface area (Å²) < 4.78 is 23.4. The van der Waals surface area contributed by atoms with Gasteiger partial charge >= 0.3 is 17.9 Å². The second-order valence-corrected chi connectivity index (χ2v) is 27.7. The van der Waals surface area contributed by atoms with Crippen molar-refractivity contribution in [2.45, 2.75) is 77.3 Å². The van der Waals surface area contributed by atoms with Crippen molar-refractivity contribution in [3.8, 4) is 103 Å². The van der Waals surface area contributed by atoms with Crippen LogP contribution in [0.15, 0.2) is 315 Å². The Balaban J connectivity index is 0.675. The number of aromatic carboxylic acids is 1. The lowest BCUT2D eigenvalue weighted by atomic mass is 9.88. The van der Waals surface area contributed by atoms with E-state index < -0.39 is 17.9 Å². The van der Waals surface area contributed by atoms with Crippen molar-refractivity contribution in [1.29, 1.82) is 5.41 Å². The number of hydrogen-bond acceptors (Lipinski definition) is 8. The molecule has 560 valence electrons. The Labute approximate surface area is 669 Å². The lowest BCUT2D eigenvalue weighted by Crippen LogP contribution is -2.36. The summed E-state index contributed by atoms with van der Waals surface area (Å²) in [5, 5.41) is 21.1. The Morgan fingerprint density at radius 1 is 0.316 bits per heavy atom. The molecule has 13 heterocycles. The summed E-state index contributed by atoms with van der Waals surface area (Å²) >= 11 is 0. The third-order valence-electron chi connectivity index (χ3n) is 19.8. The maximum atomic E-state index is 12.9. The Hall–Kier alpha value is -14.2. The summed E-state index contributed by atoms with van der Waals surface area (Å²) in [7, 11) is 0. The van der Waals surface area contributed by atoms with E-state index in [1.165, 1.54) is 0 Å². The van der Waals surface area contributed by atoms with Gasteiger partial charge in [-0.3, -0.25) is 5.41 Å². The van der Waals surface area contributed by atoms with Crippen molar-refractivity contribution >= 4 is 23.7 Å². The van der Waals surface area contributed by atoms with Gasteiger partial charge in [0.2, 0.25) is 0 Å². The van der Waals surface area contributed by atoms with Crippen molar-refractivity contribution in [3.63, 3.8) is 0 Å². The van der Waals surface area contributed by atoms with E-state index in [0.717, 1.165) is 145 Å². The minimum absolute atomic E-state index is 0.154. The van der Waals surface area contributed by atoms with Gasteiger partial charge in [-0.05, 0) is 266 Å². The summed E-state index contributed by atoms with van der Waals surface area (Å²) in [6.45, 7) is 6.10. The zero-order chi connectivity index (χ0) is 78.6. The van der Waals surface area contributed by atoms with Gasteiger partial charge in [-0.15, -0.1) is 0 Å². The molecule has 2 N–H and O–H groups in total. The van der Waals surface area contributed by atoms with Crippen molar-refractivity contribution in [3.05, 3.63) is 393 Å². The second kappa shape index (κ2) is 39.5. The van der Waals surface area contributed by atoms with E-state index in [4.69, 9.17) is 18.9 Å². The molecule has 13 aliphatic rings. The van der Waals surface area contributed by atoms with Crippen LogP contribution in [0.3, 0.4) is 0 Å². The van der Waals surface area contributed by atoms with Gasteiger partial charge in [0.15, 0.2) is 0 Å². The number of esters is 2. The van der Waals surface area contributed by atoms with Gasteiger partial charge in [-0.1, -0.05) is 217 Å². The van der Waals surface area contributed by atoms with E-state index in [0.29, 0.717) is 67.4 Å². The number of hydrogen-bond donors (Lipinski definition) is 2. The van der Waals surface area contributed by atoms with E-state index in [1.54, 1.807) is 60.7 Å². The summed E-state index contributed by atoms with van der Waals surface area (Å²) in [6.07, 6.45) is 14.9. The van der Waals surface area contributed by atoms with Gasteiger partial charge in [0.05, 0.1) is 55.2 Å². The van der Waals surface area contributed by atoms with Crippen LogP contribution in [0, 0.1) is 52.8 Å². The highest BCUT2D eigenvalue weighted by Gasteiger charge is 2.30. The summed E-state index contributed by atoms with van der Waals surface area (Å²) in [5.41, 5.74) is 17.0. The van der Waals surface area contributed by atoms with Crippen molar-refractivity contribution in [2.24, 2.45) is 0 Å². The number of carboxylic acid groups (broad SMARTS) is 1. The molecule has 20 bridgehead atoms. The Morgan fingerprint density at radius 2 is 0.561 bits per heavy atom. The molecule has 10 heteroatoms. The first-order chi connectivity index (χ1) is 55.9. The average molecular weight is 1490 g/mol. The SMILES string of the molecule is CC(c1ccccc1)N(C(=N)c1c2cccc1-c1ccc(cc1)C#Cc1ccc(cc1)OCCCC=CCCCOC(=O)c1ccc(cc1)C#Cc1ccc(cc1)-c1cccc(c1C(=O)O)-c1ccc(cc1)C#Cc1ccc(cc1)C(=O)OCCCC=CCCCOc1ccc(cc1)C#Cc1ccc-2cc1)[C@H](C)c1ccccc1. The maximum absolute atomic E-state index is 12.9. The molecule has 1 unspecified atom stereocenters. The van der Waals surface area contributed by atoms with E-state index in [-0.39, 0.29) is 17.6 Å². The quantitative estimate of drug-likeness (QED) is 0.0548. The first-order valence-electron chi connectivity index (χ1n) is 38.7. The lowest BCUT2D eigenvalue weighted by Gasteiger charge is -2.38. The van der Waals surface area contributed by atoms with Crippen LogP contribution in [0.2, 0.25) is 0 Å². The molecule has 10 nitrogen and oxygen atoms in total. The Morgan fingerprint density at radius 3 is 0.833 bits per heavy atom. The fraction of sp³-hybridized carbons (Fsp3) is 0.154. The summed E-state index contributed by atoms with van der Waals surface area (Å²) in [4.78, 5) is 41.0. The molecule has 13 aliphatic heterocycles. The molecule has 2 atom stereocenters. The van der Waals surface area contributed by atoms with E-state index in [2.05, 4.69) is 181 Å². The average Bonchev–Trinajstić information content (AvgIpc) is 0.773. The third kappa shape index (κ3) is 21.2. The number of amidine groups is 1. The van der Waals surface area contributed by atoms with Crippen molar-refractivity contribution in [1.82, 2.24) is 4.90 Å². The van der Waals surface area contributed by atoms with E-state index >= 15 is 0 Å². The molecule has 0 spiro atoms. The van der Waals surface area contributed by atoms with Gasteiger partial charge in [0.25, 0.3) is 0 Å². The first-order valence-corrected chi connectivity index (χ1v) is 38.7. The van der Waals surface area contributed by atoms with Crippen LogP contribution < -0.4 is 9.47 Å². The number of carboxylic acids is 1. The van der Waals surface area contributed by atoms with Gasteiger partial charge in [0, 0.05) is 50.1 Å². The highest BCUT2D eigenvalue weighted by Crippen LogP contribution is 2.40. The van der Waals surface area contributed by atoms with Crippen molar-refractivity contribution in [2.75, 3.05) is 26.4 Å². The minimum atomic E-state index is -1.05. The fourth-order valence-electron chi connectivity index (χ4n) is 13.5. The van der Waals surface area contributed by atoms with Crippen LogP contribution in [-0.4, -0.2) is 60.2 Å². The Bertz CT molecular complexity index is 5320. The van der Waals surface area contributed by atoms with Crippen LogP contribution in [-0.2, 0) is 9.47 Å². The number of allylic oxidation sites excluding steroid dienone is 4. The zero-order valence-electron chi connectivity index (χ0n) is 63.9. The molecule has 0 saturated heterocycles. The molecule has 114 heavy (non-hydrogen) atoms. The number of benzene rings is 12. The molecule has 0 amide bonds. The topological polar surface area (TPSA) is 135 Å². The lowest BCUT2D eigenvalue weighted by molar-refractivity contribution is 0.0492. The predicted molar refractivity (Wildman–Crippen MR) is 456 cm³/mol. The number of rotatable bonds is 6. The number of carbonyl (C=O) groups is 3. The first kappa shape index (κ1) is 78.0. The molecule has 0 fully saturated rings. The molecular formula is C104H86N2O8. The fourth-order valence-corrected chi connectivity index (χ4v) is 13.5. The van der Waals surface area contributed by atoms with E-state index in [1.807, 2.05) is 140 Å². The molecule has 0 saturated carbocycles. The largest absolute Gasteiger partial charge is 0.494 e. The van der Waals surface area contributed by atoms with Crippen LogP contribution in [0.4, 0.5) is 0 Å². The van der Waals surface area contributed by atoms with Crippen LogP contribution in [0.25, 0.3) is 44.5 Å². The molecule has 12 aromatic carbocycles. The minimum Gasteiger partial charge on any atom is -0.494 e. The van der Waals surface area contributed by atoms with Crippen LogP contribution >= 0.6 is 0 Å². The number of nitrogens with one attached hydrogen (secondary N) is 1. The van der Waals surface area contributed by atoms with Gasteiger partial charge < -0.3 is 29.0 Å². The highest BCUT2D eigenvalue weighted by atomic mass is 16.5. The van der Waals surface area contributed by atoms with E-state index in [9.17, 15) is 24.9 Å². The predicted octanol–water partition coefficient (Wildman–Crippen LogP) is 22.8. The second-order valence-electron chi connectivity index (χ2n) is 27.7. The molecule has 0 radical (unpaired) electrons. The summed E-state index contributed by atoms with van der Waals surface area (Å²) in [5.74, 6) is 26.3. The van der Waals surface area contributed by atoms with Gasteiger partial charge in [-0.25, -0.2) is 14.4 Å². The monoisotopic (exact) mass is 1490 g/mol. The smallest absolute Gasteiger partial charge is 0.338 e. The van der Waals surface area contributed by atoms with Crippen molar-refractivity contribution < 1.29 is 38.4 Å². The summed E-state index contributed by atoms with van der Waals surface area (Å²) in [6, 6.07) is 93.6. The normalized spacial score (nSPS) is 13.6. The molecule has 0 aliphatic carbocycles. The third-order valence-corrected chi connectivity index (χ3v) is 19.8. The number of nitrogens with zero attached hydrogens (tertiary/aromatic N) is 1. The Kier molecular flexibility index (Phi) is 27.0. The van der Waals surface area contributed by atoms with Crippen LogP contribution in [0.1, 0.15) is 170 Å². The molecule has 0 aromatic heterocycles. The van der Waals surface area contributed by atoms with Crippen LogP contribution in [0.5, 0.6) is 11.5 Å². The van der Waals surface area contributed by atoms with Gasteiger partial charge in [0.1, 0.15) is 17.3 Å². The van der Waals surface area contributed by atoms with Gasteiger partial charge in [-0.2, -0.15) is 0 Å². The number of ether oxygens (including phenoxy) is 4.